The lowest BCUT2D eigenvalue weighted by Crippen LogP contribution is -2.52. The van der Waals surface area contributed by atoms with Gasteiger partial charge in [-0.1, -0.05) is 10.3 Å². The van der Waals surface area contributed by atoms with Crippen molar-refractivity contribution in [2.24, 2.45) is 0 Å². The van der Waals surface area contributed by atoms with E-state index in [-0.39, 0.29) is 38.1 Å². The summed E-state index contributed by atoms with van der Waals surface area (Å²) in [5.74, 6) is 1.00. The number of benzene rings is 2. The van der Waals surface area contributed by atoms with Gasteiger partial charge in [-0.25, -0.2) is 19.9 Å². The van der Waals surface area contributed by atoms with Gasteiger partial charge in [-0.2, -0.15) is 9.97 Å². The molecule has 6 N–H and O–H groups in total. The van der Waals surface area contributed by atoms with Crippen LogP contribution in [0.3, 0.4) is 0 Å². The number of hydrogen-bond acceptors (Lipinski definition) is 20. The number of rotatable bonds is 21. The Hall–Kier alpha value is -7.14. The zero-order valence-corrected chi connectivity index (χ0v) is 39.7. The number of nitrogens with zero attached hydrogens (tertiary/aromatic N) is 10. The standard InChI is InChI=1S/C46H58N12O10/c1-11-57(9)45-49-27(7)17-33(51-45)43-53-39(55-67-43)29-13-23(3)37(24(4)14-29)65-21-31(59)19-47-41(63)35(61)36(62)42(64)48-20-32(60)22-66-38-25(5)15-30(16-26(38)6)40-54-44(68-56-40)34-18-28(8)50-46(52-34)58(10)12-2/h13-18,31-32,35-36,59-62H,11-12,19-22H2,1-10H3,(H,47,63)(H,48,64). The van der Waals surface area contributed by atoms with Crippen LogP contribution in [0.25, 0.3) is 45.9 Å². The molecule has 22 nitrogen and oxygen atoms in total. The molecule has 0 bridgehead atoms. The van der Waals surface area contributed by atoms with Gasteiger partial charge in [0.25, 0.3) is 23.6 Å². The van der Waals surface area contributed by atoms with Crippen LogP contribution in [0.1, 0.15) is 47.5 Å². The number of hydrogen-bond donors (Lipinski definition) is 6. The van der Waals surface area contributed by atoms with Crippen molar-refractivity contribution in [3.8, 4) is 57.4 Å². The molecule has 0 spiro atoms. The number of nitrogens with one attached hydrogen (secondary N) is 2. The third-order valence-corrected chi connectivity index (χ3v) is 10.7. The molecule has 0 fully saturated rings. The number of aryl methyl sites for hydroxylation is 6. The normalized spacial score (nSPS) is 13.1. The van der Waals surface area contributed by atoms with Gasteiger partial charge in [0.05, 0.1) is 0 Å². The van der Waals surface area contributed by atoms with Crippen LogP contribution < -0.4 is 29.9 Å². The summed E-state index contributed by atoms with van der Waals surface area (Å²) in [6.45, 7) is 15.2. The van der Waals surface area contributed by atoms with E-state index in [2.05, 4.69) is 50.9 Å². The topological polar surface area (TPSA) is 293 Å². The van der Waals surface area contributed by atoms with Crippen molar-refractivity contribution in [3.63, 3.8) is 0 Å². The molecule has 4 atom stereocenters. The van der Waals surface area contributed by atoms with Crippen molar-refractivity contribution in [2.75, 3.05) is 63.3 Å². The summed E-state index contributed by atoms with van der Waals surface area (Å²) < 4.78 is 22.9. The van der Waals surface area contributed by atoms with Crippen molar-refractivity contribution in [1.82, 2.24) is 50.9 Å². The predicted molar refractivity (Wildman–Crippen MR) is 249 cm³/mol. The molecule has 6 aromatic rings. The first kappa shape index (κ1) is 50.3. The Morgan fingerprint density at radius 1 is 0.574 bits per heavy atom. The maximum Gasteiger partial charge on any atom is 0.277 e. The lowest BCUT2D eigenvalue weighted by atomic mass is 10.1. The Bertz CT molecular complexity index is 2500. The first-order chi connectivity index (χ1) is 32.3. The first-order valence-electron chi connectivity index (χ1n) is 21.9. The van der Waals surface area contributed by atoms with Crippen LogP contribution in [0.5, 0.6) is 11.5 Å². The summed E-state index contributed by atoms with van der Waals surface area (Å²) >= 11 is 0. The molecular weight excluding hydrogens is 881 g/mol. The summed E-state index contributed by atoms with van der Waals surface area (Å²) in [6.07, 6.45) is -6.81. The molecule has 0 aliphatic heterocycles. The number of anilines is 2. The first-order valence-corrected chi connectivity index (χ1v) is 21.9. The van der Waals surface area contributed by atoms with Crippen molar-refractivity contribution < 1.29 is 48.5 Å². The summed E-state index contributed by atoms with van der Waals surface area (Å²) in [5.41, 5.74) is 6.70. The largest absolute Gasteiger partial charge is 0.490 e. The third-order valence-electron chi connectivity index (χ3n) is 10.7. The van der Waals surface area contributed by atoms with E-state index >= 15 is 0 Å². The average molecular weight is 939 g/mol. The lowest BCUT2D eigenvalue weighted by Gasteiger charge is -2.20. The molecule has 0 saturated carbocycles. The van der Waals surface area contributed by atoms with Crippen LogP contribution >= 0.6 is 0 Å². The molecule has 4 heterocycles. The molecule has 2 amide bonds. The molecule has 0 aliphatic carbocycles. The maximum atomic E-state index is 12.6. The fourth-order valence-corrected chi connectivity index (χ4v) is 6.86. The Morgan fingerprint density at radius 3 is 1.26 bits per heavy atom. The highest BCUT2D eigenvalue weighted by molar-refractivity contribution is 5.90. The zero-order chi connectivity index (χ0) is 49.4. The predicted octanol–water partition coefficient (Wildman–Crippen LogP) is 2.60. The van der Waals surface area contributed by atoms with Crippen molar-refractivity contribution in [3.05, 3.63) is 70.0 Å². The number of amides is 2. The van der Waals surface area contributed by atoms with E-state index in [4.69, 9.17) is 18.5 Å². The van der Waals surface area contributed by atoms with Gasteiger partial charge in [0, 0.05) is 62.8 Å². The van der Waals surface area contributed by atoms with Crippen LogP contribution in [0.2, 0.25) is 0 Å². The van der Waals surface area contributed by atoms with Crippen LogP contribution in [0.15, 0.2) is 45.4 Å². The van der Waals surface area contributed by atoms with Gasteiger partial charge in [0.2, 0.25) is 23.5 Å². The Balaban J connectivity index is 0.936. The molecular formula is C46H58N12O10. The molecule has 22 heteroatoms. The van der Waals surface area contributed by atoms with Gasteiger partial charge < -0.3 is 59.4 Å². The lowest BCUT2D eigenvalue weighted by molar-refractivity contribution is -0.146. The molecule has 0 radical (unpaired) electrons. The van der Waals surface area contributed by atoms with E-state index in [0.29, 0.717) is 79.8 Å². The smallest absolute Gasteiger partial charge is 0.277 e. The minimum absolute atomic E-state index is 0.236. The fraction of sp³-hybridized carbons (Fsp3) is 0.435. The summed E-state index contributed by atoms with van der Waals surface area (Å²) in [5, 5.41) is 54.9. The molecule has 0 saturated heterocycles. The van der Waals surface area contributed by atoms with E-state index in [0.717, 1.165) is 24.5 Å². The number of aliphatic hydroxyl groups is 4. The molecule has 4 unspecified atom stereocenters. The third kappa shape index (κ3) is 12.2. The molecule has 4 aromatic heterocycles. The van der Waals surface area contributed by atoms with Gasteiger partial charge in [0.1, 0.15) is 48.3 Å². The average Bonchev–Trinajstić information content (AvgIpc) is 4.02. The SMILES string of the molecule is CCN(C)c1nc(C)cc(-c2nc(-c3cc(C)c(OCC(O)CNC(=O)C(O)C(O)C(=O)NCC(O)COc4c(C)cc(-c5noc(-c6cc(C)nc(N(C)CC)n6)n5)cc4C)c(C)c3)no2)n1. The fourth-order valence-electron chi connectivity index (χ4n) is 6.86. The summed E-state index contributed by atoms with van der Waals surface area (Å²) in [4.78, 5) is 56.2. The second-order valence-corrected chi connectivity index (χ2v) is 16.5. The van der Waals surface area contributed by atoms with Crippen molar-refractivity contribution >= 4 is 23.7 Å². The van der Waals surface area contributed by atoms with Crippen LogP contribution in [-0.4, -0.2) is 150 Å². The maximum absolute atomic E-state index is 12.6. The second-order valence-electron chi connectivity index (χ2n) is 16.5. The highest BCUT2D eigenvalue weighted by Crippen LogP contribution is 2.32. The monoisotopic (exact) mass is 938 g/mol. The zero-order valence-electron chi connectivity index (χ0n) is 39.7. The Kier molecular flexibility index (Phi) is 16.3. The second kappa shape index (κ2) is 22.1. The van der Waals surface area contributed by atoms with E-state index in [1.807, 2.05) is 104 Å². The van der Waals surface area contributed by atoms with E-state index < -0.39 is 36.2 Å². The van der Waals surface area contributed by atoms with Crippen LogP contribution in [0, 0.1) is 41.5 Å². The summed E-state index contributed by atoms with van der Waals surface area (Å²) in [7, 11) is 3.78. The van der Waals surface area contributed by atoms with Gasteiger partial charge in [-0.05, 0) is 114 Å². The van der Waals surface area contributed by atoms with Gasteiger partial charge in [-0.3, -0.25) is 9.59 Å². The number of aliphatic hydroxyl groups excluding tert-OH is 4. The quantitative estimate of drug-likeness (QED) is 0.0604. The highest BCUT2D eigenvalue weighted by Gasteiger charge is 2.31. The molecule has 2 aromatic carbocycles. The Morgan fingerprint density at radius 2 is 0.926 bits per heavy atom. The number of aromatic nitrogens is 8. The molecule has 68 heavy (non-hydrogen) atoms. The number of carbonyl (C=O) groups excluding carboxylic acids is 2. The van der Waals surface area contributed by atoms with Crippen LogP contribution in [0.4, 0.5) is 11.9 Å². The van der Waals surface area contributed by atoms with Gasteiger partial charge in [0.15, 0.2) is 12.2 Å². The van der Waals surface area contributed by atoms with E-state index in [1.165, 1.54) is 0 Å². The van der Waals surface area contributed by atoms with E-state index in [1.54, 1.807) is 12.1 Å². The number of ether oxygens (including phenoxy) is 2. The molecule has 362 valence electrons. The molecule has 6 rings (SSSR count). The van der Waals surface area contributed by atoms with E-state index in [9.17, 15) is 30.0 Å². The minimum atomic E-state index is -2.18. The highest BCUT2D eigenvalue weighted by atomic mass is 16.5. The molecule has 0 aliphatic rings. The van der Waals surface area contributed by atoms with Crippen LogP contribution in [-0.2, 0) is 9.59 Å². The van der Waals surface area contributed by atoms with Gasteiger partial charge >= 0.3 is 0 Å². The van der Waals surface area contributed by atoms with Crippen molar-refractivity contribution in [1.29, 1.82) is 0 Å². The van der Waals surface area contributed by atoms with Gasteiger partial charge in [-0.15, -0.1) is 0 Å². The Labute approximate surface area is 392 Å². The number of carbonyl (C=O) groups is 2. The van der Waals surface area contributed by atoms with Crippen molar-refractivity contribution in [2.45, 2.75) is 79.8 Å². The minimum Gasteiger partial charge on any atom is -0.490 e. The summed E-state index contributed by atoms with van der Waals surface area (Å²) in [6, 6.07) is 10.8.